The van der Waals surface area contributed by atoms with Gasteiger partial charge in [-0.2, -0.15) is 18.4 Å². The van der Waals surface area contributed by atoms with Crippen molar-refractivity contribution in [1.82, 2.24) is 14.7 Å². The van der Waals surface area contributed by atoms with Gasteiger partial charge in [0.2, 0.25) is 5.91 Å². The normalized spacial score (nSPS) is 24.2. The number of unbranched alkanes of at least 4 members (excludes halogenated alkanes) is 1. The first-order valence-electron chi connectivity index (χ1n) is 13.1. The number of nitrogens with zero attached hydrogens (tertiary/aromatic N) is 5. The minimum Gasteiger partial charge on any atom is -0.337 e. The highest BCUT2D eigenvalue weighted by atomic mass is 32.1. The van der Waals surface area contributed by atoms with E-state index in [1.54, 1.807) is 24.8 Å². The summed E-state index contributed by atoms with van der Waals surface area (Å²) in [6.07, 6.45) is -1.13. The van der Waals surface area contributed by atoms with Crippen LogP contribution in [0.3, 0.4) is 0 Å². The third-order valence-electron chi connectivity index (χ3n) is 7.91. The number of amides is 2. The SMILES string of the molecule is CC1CN(C(=O)C2CC2)C(C)CN1CCCCN1C(=S)N(c2ccc(C#N)c(C(F)(F)F)c2)C(=O)C1(C)C. The van der Waals surface area contributed by atoms with E-state index in [4.69, 9.17) is 17.5 Å². The third-order valence-corrected chi connectivity index (χ3v) is 8.32. The Kier molecular flexibility index (Phi) is 7.79. The zero-order valence-corrected chi connectivity index (χ0v) is 23.0. The topological polar surface area (TPSA) is 70.9 Å². The average molecular weight is 550 g/mol. The van der Waals surface area contributed by atoms with Crippen LogP contribution in [0.25, 0.3) is 0 Å². The largest absolute Gasteiger partial charge is 0.417 e. The Labute approximate surface area is 227 Å². The summed E-state index contributed by atoms with van der Waals surface area (Å²) >= 11 is 5.58. The van der Waals surface area contributed by atoms with Gasteiger partial charge in [0.15, 0.2) is 5.11 Å². The van der Waals surface area contributed by atoms with Crippen LogP contribution in [0.15, 0.2) is 18.2 Å². The van der Waals surface area contributed by atoms with Gasteiger partial charge in [-0.05, 0) is 90.3 Å². The van der Waals surface area contributed by atoms with Crippen molar-refractivity contribution < 1.29 is 22.8 Å². The minimum absolute atomic E-state index is 0.00308. The minimum atomic E-state index is -4.73. The third kappa shape index (κ3) is 5.38. The lowest BCUT2D eigenvalue weighted by Gasteiger charge is -2.44. The van der Waals surface area contributed by atoms with Gasteiger partial charge >= 0.3 is 6.18 Å². The highest BCUT2D eigenvalue weighted by Crippen LogP contribution is 2.38. The van der Waals surface area contributed by atoms with E-state index in [0.717, 1.165) is 62.4 Å². The maximum atomic E-state index is 13.5. The number of thiocarbonyl (C=S) groups is 1. The molecule has 4 rings (SSSR count). The first kappa shape index (κ1) is 28.3. The van der Waals surface area contributed by atoms with Gasteiger partial charge in [0.25, 0.3) is 5.91 Å². The molecule has 11 heteroatoms. The molecule has 3 aliphatic rings. The molecule has 2 unspecified atom stereocenters. The number of benzene rings is 1. The average Bonchev–Trinajstić information content (AvgIpc) is 3.67. The number of carbonyl (C=O) groups is 2. The number of carbonyl (C=O) groups excluding carboxylic acids is 2. The number of hydrogen-bond acceptors (Lipinski definition) is 5. The maximum Gasteiger partial charge on any atom is 0.417 e. The molecule has 38 heavy (non-hydrogen) atoms. The molecule has 0 aromatic heterocycles. The summed E-state index contributed by atoms with van der Waals surface area (Å²) < 4.78 is 40.5. The highest BCUT2D eigenvalue weighted by Gasteiger charge is 2.49. The Morgan fingerprint density at radius 3 is 2.39 bits per heavy atom. The van der Waals surface area contributed by atoms with Crippen LogP contribution < -0.4 is 4.90 Å². The molecule has 206 valence electrons. The number of halogens is 3. The lowest BCUT2D eigenvalue weighted by molar-refractivity contribution is -0.139. The fraction of sp³-hybridized carbons (Fsp3) is 0.630. The van der Waals surface area contributed by atoms with Crippen molar-refractivity contribution in [3.63, 3.8) is 0 Å². The molecule has 0 bridgehead atoms. The van der Waals surface area contributed by atoms with E-state index in [2.05, 4.69) is 18.7 Å². The first-order valence-corrected chi connectivity index (χ1v) is 13.5. The van der Waals surface area contributed by atoms with Crippen molar-refractivity contribution in [2.75, 3.05) is 31.1 Å². The molecular weight excluding hydrogens is 515 g/mol. The van der Waals surface area contributed by atoms with Crippen molar-refractivity contribution >= 4 is 34.8 Å². The summed E-state index contributed by atoms with van der Waals surface area (Å²) in [5, 5.41) is 9.25. The second kappa shape index (κ2) is 10.5. The second-order valence-electron chi connectivity index (χ2n) is 11.1. The van der Waals surface area contributed by atoms with Crippen LogP contribution in [0, 0.1) is 17.2 Å². The Hall–Kier alpha value is -2.71. The van der Waals surface area contributed by atoms with E-state index >= 15 is 0 Å². The summed E-state index contributed by atoms with van der Waals surface area (Å²) in [4.78, 5) is 33.2. The van der Waals surface area contributed by atoms with Crippen molar-refractivity contribution in [2.45, 2.75) is 77.2 Å². The van der Waals surface area contributed by atoms with Crippen molar-refractivity contribution in [1.29, 1.82) is 5.26 Å². The fourth-order valence-corrected chi connectivity index (χ4v) is 5.92. The number of nitriles is 1. The van der Waals surface area contributed by atoms with Crippen LogP contribution in [0.5, 0.6) is 0 Å². The molecule has 0 N–H and O–H groups in total. The molecule has 1 aromatic carbocycles. The number of piperazine rings is 1. The van der Waals surface area contributed by atoms with Gasteiger partial charge in [-0.15, -0.1) is 0 Å². The van der Waals surface area contributed by atoms with Crippen LogP contribution in [0.4, 0.5) is 18.9 Å². The van der Waals surface area contributed by atoms with Gasteiger partial charge < -0.3 is 9.80 Å². The van der Waals surface area contributed by atoms with E-state index in [9.17, 15) is 22.8 Å². The van der Waals surface area contributed by atoms with Gasteiger partial charge in [-0.25, -0.2) is 0 Å². The summed E-state index contributed by atoms with van der Waals surface area (Å²) in [6, 6.07) is 5.21. The Morgan fingerprint density at radius 2 is 1.79 bits per heavy atom. The lowest BCUT2D eigenvalue weighted by Crippen LogP contribution is -2.58. The van der Waals surface area contributed by atoms with Crippen LogP contribution in [0.1, 0.15) is 64.5 Å². The predicted molar refractivity (Wildman–Crippen MR) is 141 cm³/mol. The molecule has 7 nitrogen and oxygen atoms in total. The van der Waals surface area contributed by atoms with Gasteiger partial charge in [0.05, 0.1) is 22.9 Å². The number of hydrogen-bond donors (Lipinski definition) is 0. The van der Waals surface area contributed by atoms with E-state index in [1.807, 2.05) is 4.90 Å². The number of anilines is 1. The molecule has 2 heterocycles. The summed E-state index contributed by atoms with van der Waals surface area (Å²) in [5.74, 6) is 0.0994. The molecule has 2 amide bonds. The van der Waals surface area contributed by atoms with Crippen molar-refractivity contribution in [2.24, 2.45) is 5.92 Å². The fourth-order valence-electron chi connectivity index (χ4n) is 5.41. The van der Waals surface area contributed by atoms with Gasteiger partial charge in [0.1, 0.15) is 5.54 Å². The Bertz CT molecular complexity index is 1160. The Morgan fingerprint density at radius 1 is 1.13 bits per heavy atom. The van der Waals surface area contributed by atoms with Crippen molar-refractivity contribution in [3.05, 3.63) is 29.3 Å². The maximum absolute atomic E-state index is 13.5. The molecule has 2 saturated heterocycles. The summed E-state index contributed by atoms with van der Waals surface area (Å²) in [7, 11) is 0. The molecule has 1 aromatic rings. The van der Waals surface area contributed by atoms with E-state index in [0.29, 0.717) is 6.54 Å². The monoisotopic (exact) mass is 549 g/mol. The molecular formula is C27H34F3N5O2S. The van der Waals surface area contributed by atoms with Crippen LogP contribution >= 0.6 is 12.2 Å². The molecule has 1 saturated carbocycles. The smallest absolute Gasteiger partial charge is 0.337 e. The highest BCUT2D eigenvalue weighted by molar-refractivity contribution is 7.80. The standard InChI is InChI=1S/C27H34F3N5O2S/c1-17-16-33(23(36)19-7-8-19)18(2)15-32(17)11-5-6-12-34-25(38)35(24(37)26(34,3)4)21-10-9-20(14-31)22(13-21)27(28,29)30/h9-10,13,17-19H,5-8,11-12,15-16H2,1-4H3. The molecule has 1 aliphatic carbocycles. The summed E-state index contributed by atoms with van der Waals surface area (Å²) in [6.45, 7) is 10.6. The molecule has 2 aliphatic heterocycles. The quantitative estimate of drug-likeness (QED) is 0.371. The second-order valence-corrected chi connectivity index (χ2v) is 11.5. The number of rotatable bonds is 7. The summed E-state index contributed by atoms with van der Waals surface area (Å²) in [5.41, 5.74) is -2.61. The van der Waals surface area contributed by atoms with Crippen LogP contribution in [-0.2, 0) is 15.8 Å². The number of alkyl halides is 3. The molecule has 0 radical (unpaired) electrons. The predicted octanol–water partition coefficient (Wildman–Crippen LogP) is 4.40. The zero-order chi connectivity index (χ0) is 28.0. The zero-order valence-electron chi connectivity index (χ0n) is 22.2. The lowest BCUT2D eigenvalue weighted by atomic mass is 10.0. The Balaban J connectivity index is 1.37. The van der Waals surface area contributed by atoms with Gasteiger partial charge in [-0.1, -0.05) is 0 Å². The van der Waals surface area contributed by atoms with Crippen LogP contribution in [0.2, 0.25) is 0 Å². The molecule has 2 atom stereocenters. The van der Waals surface area contributed by atoms with E-state index in [-0.39, 0.29) is 34.7 Å². The van der Waals surface area contributed by atoms with E-state index in [1.165, 1.54) is 6.07 Å². The first-order chi connectivity index (χ1) is 17.8. The van der Waals surface area contributed by atoms with Crippen LogP contribution in [-0.4, -0.2) is 75.4 Å². The van der Waals surface area contributed by atoms with Gasteiger partial charge in [0, 0.05) is 37.6 Å². The molecule has 0 spiro atoms. The van der Waals surface area contributed by atoms with Crippen molar-refractivity contribution in [3.8, 4) is 6.07 Å². The van der Waals surface area contributed by atoms with Gasteiger partial charge in [-0.3, -0.25) is 19.4 Å². The molecule has 3 fully saturated rings. The van der Waals surface area contributed by atoms with E-state index < -0.39 is 28.7 Å².